The Kier molecular flexibility index (Phi) is 6.71. The van der Waals surface area contributed by atoms with Crippen molar-refractivity contribution in [1.29, 1.82) is 0 Å². The van der Waals surface area contributed by atoms with Gasteiger partial charge in [0.25, 0.3) is 0 Å². The zero-order valence-corrected chi connectivity index (χ0v) is 14.8. The molecule has 0 saturated carbocycles. The molecule has 24 heavy (non-hydrogen) atoms. The fourth-order valence-electron chi connectivity index (χ4n) is 3.20. The van der Waals surface area contributed by atoms with Crippen LogP contribution in [0, 0.1) is 12.7 Å². The minimum absolute atomic E-state index is 0.258. The predicted molar refractivity (Wildman–Crippen MR) is 92.7 cm³/mol. The predicted octanol–water partition coefficient (Wildman–Crippen LogP) is 1.83. The highest BCUT2D eigenvalue weighted by molar-refractivity contribution is 5.75. The molecule has 0 amide bonds. The maximum atomic E-state index is 14.2. The number of carboxylic acid groups (broad SMARTS) is 1. The van der Waals surface area contributed by atoms with E-state index in [1.54, 1.807) is 19.1 Å². The Hall–Kier alpha value is -1.50. The molecule has 0 spiro atoms. The highest BCUT2D eigenvalue weighted by Crippen LogP contribution is 2.25. The third-order valence-electron chi connectivity index (χ3n) is 4.54. The number of aryl methyl sites for hydroxylation is 1. The van der Waals surface area contributed by atoms with Crippen LogP contribution >= 0.6 is 0 Å². The number of hydrogen-bond donors (Lipinski definition) is 1. The molecule has 5 nitrogen and oxygen atoms in total. The van der Waals surface area contributed by atoms with E-state index in [-0.39, 0.29) is 5.56 Å². The summed E-state index contributed by atoms with van der Waals surface area (Å²) in [6, 6.07) is 3.87. The van der Waals surface area contributed by atoms with Gasteiger partial charge in [0.1, 0.15) is 11.9 Å². The Bertz CT molecular complexity index is 557. The van der Waals surface area contributed by atoms with E-state index in [0.717, 1.165) is 38.2 Å². The van der Waals surface area contributed by atoms with Gasteiger partial charge in [-0.15, -0.1) is 0 Å². The lowest BCUT2D eigenvalue weighted by atomic mass is 10.0. The van der Waals surface area contributed by atoms with Crippen LogP contribution in [-0.4, -0.2) is 79.1 Å². The van der Waals surface area contributed by atoms with E-state index in [4.69, 9.17) is 0 Å². The summed E-state index contributed by atoms with van der Waals surface area (Å²) >= 11 is 0. The molecule has 134 valence electrons. The summed E-state index contributed by atoms with van der Waals surface area (Å²) in [4.78, 5) is 18.1. The van der Waals surface area contributed by atoms with Crippen LogP contribution in [-0.2, 0) is 4.79 Å². The van der Waals surface area contributed by atoms with Crippen molar-refractivity contribution in [1.82, 2.24) is 14.7 Å². The van der Waals surface area contributed by atoms with Crippen molar-refractivity contribution in [2.75, 3.05) is 53.4 Å². The Morgan fingerprint density at radius 2 is 1.96 bits per heavy atom. The molecule has 1 aliphatic heterocycles. The molecule has 1 heterocycles. The summed E-state index contributed by atoms with van der Waals surface area (Å²) in [6.45, 7) is 6.80. The lowest BCUT2D eigenvalue weighted by molar-refractivity contribution is -0.144. The second-order valence-corrected chi connectivity index (χ2v) is 6.80. The average Bonchev–Trinajstić information content (AvgIpc) is 2.50. The highest BCUT2D eigenvalue weighted by Gasteiger charge is 2.32. The Labute approximate surface area is 143 Å². The molecule has 1 unspecified atom stereocenters. The maximum Gasteiger partial charge on any atom is 0.325 e. The SMILES string of the molecule is Cc1ccc(C(C(=O)O)N2CCN(CCCN(C)C)CC2)c(F)c1. The van der Waals surface area contributed by atoms with Crippen molar-refractivity contribution >= 4 is 5.97 Å². The summed E-state index contributed by atoms with van der Waals surface area (Å²) in [5.41, 5.74) is 1.06. The molecule has 0 bridgehead atoms. The second kappa shape index (κ2) is 8.55. The molecule has 1 N–H and O–H groups in total. The van der Waals surface area contributed by atoms with Crippen molar-refractivity contribution in [2.24, 2.45) is 0 Å². The van der Waals surface area contributed by atoms with E-state index in [1.807, 2.05) is 4.90 Å². The van der Waals surface area contributed by atoms with Crippen LogP contribution in [0.3, 0.4) is 0 Å². The first-order chi connectivity index (χ1) is 11.4. The normalized spacial score (nSPS) is 18.0. The van der Waals surface area contributed by atoms with Crippen molar-refractivity contribution in [3.05, 3.63) is 35.1 Å². The van der Waals surface area contributed by atoms with Crippen LogP contribution in [0.4, 0.5) is 4.39 Å². The van der Waals surface area contributed by atoms with Gasteiger partial charge in [-0.25, -0.2) is 4.39 Å². The van der Waals surface area contributed by atoms with Gasteiger partial charge in [0, 0.05) is 31.7 Å². The molecule has 1 fully saturated rings. The lowest BCUT2D eigenvalue weighted by Crippen LogP contribution is -2.49. The molecular formula is C18H28FN3O2. The van der Waals surface area contributed by atoms with Crippen molar-refractivity contribution in [3.63, 3.8) is 0 Å². The first kappa shape index (κ1) is 18.8. The molecule has 1 aromatic carbocycles. The van der Waals surface area contributed by atoms with Crippen LogP contribution in [0.1, 0.15) is 23.6 Å². The number of piperazine rings is 1. The number of carboxylic acids is 1. The first-order valence-electron chi connectivity index (χ1n) is 8.48. The number of aliphatic carboxylic acids is 1. The van der Waals surface area contributed by atoms with E-state index >= 15 is 0 Å². The summed E-state index contributed by atoms with van der Waals surface area (Å²) in [7, 11) is 4.12. The summed E-state index contributed by atoms with van der Waals surface area (Å²) in [5, 5.41) is 9.61. The number of rotatable bonds is 7. The maximum absolute atomic E-state index is 14.2. The van der Waals surface area contributed by atoms with E-state index in [9.17, 15) is 14.3 Å². The van der Waals surface area contributed by atoms with Gasteiger partial charge in [-0.2, -0.15) is 0 Å². The number of nitrogens with zero attached hydrogens (tertiary/aromatic N) is 3. The smallest absolute Gasteiger partial charge is 0.325 e. The first-order valence-corrected chi connectivity index (χ1v) is 8.48. The van der Waals surface area contributed by atoms with E-state index in [2.05, 4.69) is 23.9 Å². The van der Waals surface area contributed by atoms with Crippen LogP contribution in [0.5, 0.6) is 0 Å². The number of halogens is 1. The minimum Gasteiger partial charge on any atom is -0.480 e. The summed E-state index contributed by atoms with van der Waals surface area (Å²) < 4.78 is 14.2. The van der Waals surface area contributed by atoms with Crippen molar-refractivity contribution in [2.45, 2.75) is 19.4 Å². The van der Waals surface area contributed by atoms with Gasteiger partial charge in [-0.3, -0.25) is 9.69 Å². The molecule has 0 aromatic heterocycles. The largest absolute Gasteiger partial charge is 0.480 e. The van der Waals surface area contributed by atoms with Gasteiger partial charge in [-0.1, -0.05) is 12.1 Å². The Morgan fingerprint density at radius 3 is 2.50 bits per heavy atom. The van der Waals surface area contributed by atoms with E-state index < -0.39 is 17.8 Å². The standard InChI is InChI=1S/C18H28FN3O2/c1-14-5-6-15(16(19)13-14)17(18(23)24)22-11-9-21(10-12-22)8-4-7-20(2)3/h5-6,13,17H,4,7-12H2,1-3H3,(H,23,24). The van der Waals surface area contributed by atoms with Gasteiger partial charge in [0.05, 0.1) is 0 Å². The molecule has 1 atom stereocenters. The van der Waals surface area contributed by atoms with Gasteiger partial charge >= 0.3 is 5.97 Å². The zero-order valence-electron chi connectivity index (χ0n) is 14.8. The number of carbonyl (C=O) groups is 1. The fourth-order valence-corrected chi connectivity index (χ4v) is 3.20. The van der Waals surface area contributed by atoms with Crippen molar-refractivity contribution < 1.29 is 14.3 Å². The second-order valence-electron chi connectivity index (χ2n) is 6.80. The van der Waals surface area contributed by atoms with E-state index in [1.165, 1.54) is 6.07 Å². The Morgan fingerprint density at radius 1 is 1.29 bits per heavy atom. The molecule has 0 aliphatic carbocycles. The average molecular weight is 337 g/mol. The van der Waals surface area contributed by atoms with Crippen LogP contribution in [0.2, 0.25) is 0 Å². The molecule has 2 rings (SSSR count). The third kappa shape index (κ3) is 5.00. The lowest BCUT2D eigenvalue weighted by Gasteiger charge is -2.38. The van der Waals surface area contributed by atoms with Crippen LogP contribution in [0.25, 0.3) is 0 Å². The summed E-state index contributed by atoms with van der Waals surface area (Å²) in [6.07, 6.45) is 1.10. The Balaban J connectivity index is 1.98. The molecule has 1 saturated heterocycles. The van der Waals surface area contributed by atoms with E-state index in [0.29, 0.717) is 13.1 Å². The molecule has 6 heteroatoms. The number of hydrogen-bond acceptors (Lipinski definition) is 4. The fraction of sp³-hybridized carbons (Fsp3) is 0.611. The molecule has 1 aliphatic rings. The monoisotopic (exact) mass is 337 g/mol. The van der Waals surface area contributed by atoms with Crippen LogP contribution in [0.15, 0.2) is 18.2 Å². The van der Waals surface area contributed by atoms with Gasteiger partial charge in [0.2, 0.25) is 0 Å². The summed E-state index contributed by atoms with van der Waals surface area (Å²) in [5.74, 6) is -1.42. The topological polar surface area (TPSA) is 47.0 Å². The third-order valence-corrected chi connectivity index (χ3v) is 4.54. The molecule has 0 radical (unpaired) electrons. The minimum atomic E-state index is -0.987. The quantitative estimate of drug-likeness (QED) is 0.822. The molecule has 1 aromatic rings. The highest BCUT2D eigenvalue weighted by atomic mass is 19.1. The van der Waals surface area contributed by atoms with Gasteiger partial charge in [0.15, 0.2) is 0 Å². The molecular weight excluding hydrogens is 309 g/mol. The van der Waals surface area contributed by atoms with Gasteiger partial charge in [-0.05, 0) is 52.2 Å². The zero-order chi connectivity index (χ0) is 17.7. The van der Waals surface area contributed by atoms with Gasteiger partial charge < -0.3 is 14.9 Å². The number of benzene rings is 1. The van der Waals surface area contributed by atoms with Crippen LogP contribution < -0.4 is 0 Å². The van der Waals surface area contributed by atoms with Crippen molar-refractivity contribution in [3.8, 4) is 0 Å².